The number of Topliss-reactive ketones (excluding diaryl/α,β-unsaturated/α-hetero) is 1. The normalized spacial score (nSPS) is 11.3. The Morgan fingerprint density at radius 3 is 2.16 bits per heavy atom. The molecule has 0 saturated carbocycles. The number of nitrogens with zero attached hydrogens (tertiary/aromatic N) is 1. The van der Waals surface area contributed by atoms with Crippen LogP contribution in [0.4, 0.5) is 5.69 Å². The lowest BCUT2D eigenvalue weighted by molar-refractivity contribution is -0.116. The topological polar surface area (TPSA) is 83.6 Å². The molecule has 0 heterocycles. The summed E-state index contributed by atoms with van der Waals surface area (Å²) in [7, 11) is -2.21. The lowest BCUT2D eigenvalue weighted by Crippen LogP contribution is -2.28. The summed E-state index contributed by atoms with van der Waals surface area (Å²) < 4.78 is 26.7. The van der Waals surface area contributed by atoms with Crippen LogP contribution in [0.15, 0.2) is 83.8 Å². The zero-order chi connectivity index (χ0) is 23.1. The largest absolute Gasteiger partial charge is 0.326 e. The summed E-state index contributed by atoms with van der Waals surface area (Å²) in [5.41, 5.74) is 3.11. The van der Waals surface area contributed by atoms with E-state index in [4.69, 9.17) is 0 Å². The van der Waals surface area contributed by atoms with Gasteiger partial charge in [0.25, 0.3) is 0 Å². The minimum absolute atomic E-state index is 0.117. The SMILES string of the molecule is CC(=O)c1ccc(S(=O)(=O)N(C)CCCC(=O)Nc2ccccc2-c2ccccc2)cc1. The maximum absolute atomic E-state index is 12.7. The fourth-order valence-corrected chi connectivity index (χ4v) is 4.51. The van der Waals surface area contributed by atoms with E-state index in [-0.39, 0.29) is 29.6 Å². The van der Waals surface area contributed by atoms with E-state index in [0.29, 0.717) is 12.0 Å². The minimum atomic E-state index is -3.69. The van der Waals surface area contributed by atoms with Crippen molar-refractivity contribution in [3.05, 3.63) is 84.4 Å². The molecule has 0 bridgehead atoms. The van der Waals surface area contributed by atoms with E-state index < -0.39 is 10.0 Å². The van der Waals surface area contributed by atoms with E-state index >= 15 is 0 Å². The van der Waals surface area contributed by atoms with Gasteiger partial charge in [-0.2, -0.15) is 0 Å². The van der Waals surface area contributed by atoms with E-state index in [1.807, 2.05) is 54.6 Å². The molecule has 0 saturated heterocycles. The van der Waals surface area contributed by atoms with Crippen molar-refractivity contribution in [3.63, 3.8) is 0 Å². The van der Waals surface area contributed by atoms with Gasteiger partial charge in [-0.05, 0) is 37.1 Å². The maximum Gasteiger partial charge on any atom is 0.242 e. The number of hydrogen-bond acceptors (Lipinski definition) is 4. The monoisotopic (exact) mass is 450 g/mol. The Balaban J connectivity index is 1.58. The van der Waals surface area contributed by atoms with Crippen LogP contribution in [-0.4, -0.2) is 38.0 Å². The number of carbonyl (C=O) groups excluding carboxylic acids is 2. The third-order valence-corrected chi connectivity index (χ3v) is 7.00. The number of hydrogen-bond donors (Lipinski definition) is 1. The zero-order valence-corrected chi connectivity index (χ0v) is 18.9. The van der Waals surface area contributed by atoms with Gasteiger partial charge in [-0.25, -0.2) is 12.7 Å². The molecule has 0 spiro atoms. The van der Waals surface area contributed by atoms with Gasteiger partial charge >= 0.3 is 0 Å². The lowest BCUT2D eigenvalue weighted by Gasteiger charge is -2.17. The average Bonchev–Trinajstić information content (AvgIpc) is 2.80. The van der Waals surface area contributed by atoms with Crippen LogP contribution >= 0.6 is 0 Å². The van der Waals surface area contributed by atoms with Crippen LogP contribution in [0.25, 0.3) is 11.1 Å². The van der Waals surface area contributed by atoms with Crippen molar-refractivity contribution in [2.75, 3.05) is 18.9 Å². The molecule has 3 aromatic carbocycles. The number of ketones is 1. The number of nitrogens with one attached hydrogen (secondary N) is 1. The summed E-state index contributed by atoms with van der Waals surface area (Å²) in [4.78, 5) is 24.0. The highest BCUT2D eigenvalue weighted by molar-refractivity contribution is 7.89. The number of para-hydroxylation sites is 1. The first kappa shape index (κ1) is 23.4. The molecule has 0 aliphatic heterocycles. The zero-order valence-electron chi connectivity index (χ0n) is 18.1. The fourth-order valence-electron chi connectivity index (χ4n) is 3.30. The van der Waals surface area contributed by atoms with Gasteiger partial charge in [0.05, 0.1) is 4.90 Å². The number of amides is 1. The summed E-state index contributed by atoms with van der Waals surface area (Å²) in [6, 6.07) is 23.2. The molecule has 3 rings (SSSR count). The number of anilines is 1. The summed E-state index contributed by atoms with van der Waals surface area (Å²) in [6.07, 6.45) is 0.562. The second-order valence-electron chi connectivity index (χ2n) is 7.47. The van der Waals surface area contributed by atoms with Crippen LogP contribution in [0.3, 0.4) is 0 Å². The van der Waals surface area contributed by atoms with Crippen LogP contribution in [0.1, 0.15) is 30.1 Å². The van der Waals surface area contributed by atoms with Crippen LogP contribution in [0.5, 0.6) is 0 Å². The molecule has 0 aromatic heterocycles. The summed E-state index contributed by atoms with van der Waals surface area (Å²) in [6.45, 7) is 1.63. The Labute approximate surface area is 188 Å². The minimum Gasteiger partial charge on any atom is -0.326 e. The molecular weight excluding hydrogens is 424 g/mol. The van der Waals surface area contributed by atoms with E-state index in [0.717, 1.165) is 16.8 Å². The molecule has 3 aromatic rings. The first-order valence-electron chi connectivity index (χ1n) is 10.3. The van der Waals surface area contributed by atoms with Crippen LogP contribution in [-0.2, 0) is 14.8 Å². The van der Waals surface area contributed by atoms with Gasteiger partial charge in [-0.1, -0.05) is 60.7 Å². The molecule has 0 atom stereocenters. The molecule has 32 heavy (non-hydrogen) atoms. The van der Waals surface area contributed by atoms with Gasteiger partial charge in [0, 0.05) is 36.8 Å². The molecule has 0 aliphatic rings. The van der Waals surface area contributed by atoms with Crippen LogP contribution in [0.2, 0.25) is 0 Å². The quantitative estimate of drug-likeness (QED) is 0.483. The van der Waals surface area contributed by atoms with Gasteiger partial charge < -0.3 is 5.32 Å². The number of carbonyl (C=O) groups is 2. The molecular formula is C25H26N2O4S. The van der Waals surface area contributed by atoms with Crippen molar-refractivity contribution in [1.82, 2.24) is 4.31 Å². The lowest BCUT2D eigenvalue weighted by atomic mass is 10.0. The Hall–Kier alpha value is -3.29. The van der Waals surface area contributed by atoms with E-state index in [1.165, 1.54) is 42.5 Å². The van der Waals surface area contributed by atoms with Gasteiger partial charge in [-0.3, -0.25) is 9.59 Å². The third-order valence-electron chi connectivity index (χ3n) is 5.13. The standard InChI is InChI=1S/C25H26N2O4S/c1-19(28)20-14-16-22(17-15-20)32(30,31)27(2)18-8-13-25(29)26-24-12-7-6-11-23(24)21-9-4-3-5-10-21/h3-7,9-12,14-17H,8,13,18H2,1-2H3,(H,26,29). The molecule has 6 nitrogen and oxygen atoms in total. The van der Waals surface area contributed by atoms with E-state index in [2.05, 4.69) is 5.32 Å². The van der Waals surface area contributed by atoms with Crippen molar-refractivity contribution in [2.24, 2.45) is 0 Å². The predicted molar refractivity (Wildman–Crippen MR) is 126 cm³/mol. The van der Waals surface area contributed by atoms with Crippen LogP contribution in [0, 0.1) is 0 Å². The molecule has 1 amide bonds. The predicted octanol–water partition coefficient (Wildman–Crippen LogP) is 4.60. The Kier molecular flexibility index (Phi) is 7.56. The first-order chi connectivity index (χ1) is 15.3. The number of benzene rings is 3. The highest BCUT2D eigenvalue weighted by atomic mass is 32.2. The molecule has 1 N–H and O–H groups in total. The molecule has 0 radical (unpaired) electrons. The fraction of sp³-hybridized carbons (Fsp3) is 0.200. The van der Waals surface area contributed by atoms with E-state index in [9.17, 15) is 18.0 Å². The van der Waals surface area contributed by atoms with Crippen molar-refractivity contribution < 1.29 is 18.0 Å². The molecule has 7 heteroatoms. The Morgan fingerprint density at radius 2 is 1.50 bits per heavy atom. The van der Waals surface area contributed by atoms with Crippen molar-refractivity contribution in [1.29, 1.82) is 0 Å². The second kappa shape index (κ2) is 10.3. The van der Waals surface area contributed by atoms with Crippen molar-refractivity contribution in [3.8, 4) is 11.1 Å². The highest BCUT2D eigenvalue weighted by Crippen LogP contribution is 2.27. The van der Waals surface area contributed by atoms with Gasteiger partial charge in [-0.15, -0.1) is 0 Å². The molecule has 0 fully saturated rings. The summed E-state index contributed by atoms with van der Waals surface area (Å²) in [5.74, 6) is -0.299. The van der Waals surface area contributed by atoms with E-state index in [1.54, 1.807) is 0 Å². The summed E-state index contributed by atoms with van der Waals surface area (Å²) in [5, 5.41) is 2.93. The highest BCUT2D eigenvalue weighted by Gasteiger charge is 2.21. The molecule has 0 unspecified atom stereocenters. The number of rotatable bonds is 9. The molecule has 166 valence electrons. The van der Waals surface area contributed by atoms with Crippen molar-refractivity contribution >= 4 is 27.4 Å². The Bertz CT molecular complexity index is 1190. The first-order valence-corrected chi connectivity index (χ1v) is 11.7. The van der Waals surface area contributed by atoms with Gasteiger partial charge in [0.15, 0.2) is 5.78 Å². The van der Waals surface area contributed by atoms with Crippen molar-refractivity contribution in [2.45, 2.75) is 24.7 Å². The number of sulfonamides is 1. The Morgan fingerprint density at radius 1 is 0.875 bits per heavy atom. The summed E-state index contributed by atoms with van der Waals surface area (Å²) >= 11 is 0. The smallest absolute Gasteiger partial charge is 0.242 e. The second-order valence-corrected chi connectivity index (χ2v) is 9.52. The molecule has 0 aliphatic carbocycles. The van der Waals surface area contributed by atoms with Crippen LogP contribution < -0.4 is 5.32 Å². The third kappa shape index (κ3) is 5.69. The maximum atomic E-state index is 12.7. The van der Waals surface area contributed by atoms with Gasteiger partial charge in [0.2, 0.25) is 15.9 Å². The van der Waals surface area contributed by atoms with Gasteiger partial charge in [0.1, 0.15) is 0 Å². The average molecular weight is 451 g/mol.